The molecule has 0 aliphatic rings. The second-order valence-electron chi connectivity index (χ2n) is 4.51. The number of aryl methyl sites for hydroxylation is 1. The molecule has 106 valence electrons. The first-order chi connectivity index (χ1) is 9.43. The van der Waals surface area contributed by atoms with Crippen LogP contribution in [0.15, 0.2) is 34.8 Å². The highest BCUT2D eigenvalue weighted by Gasteiger charge is 2.19. The van der Waals surface area contributed by atoms with E-state index in [1.807, 2.05) is 25.1 Å². The smallest absolute Gasteiger partial charge is 0.129 e. The number of benzene rings is 2. The molecule has 0 radical (unpaired) electrons. The maximum absolute atomic E-state index is 14.1. The Morgan fingerprint density at radius 3 is 2.60 bits per heavy atom. The van der Waals surface area contributed by atoms with Gasteiger partial charge in [0.25, 0.3) is 0 Å². The van der Waals surface area contributed by atoms with Crippen molar-refractivity contribution in [2.75, 3.05) is 7.11 Å². The number of hydrogen-bond donors (Lipinski definition) is 1. The van der Waals surface area contributed by atoms with Crippen LogP contribution in [-0.4, -0.2) is 7.11 Å². The third-order valence-electron chi connectivity index (χ3n) is 3.09. The number of nitrogens with two attached hydrogens (primary N) is 1. The molecule has 0 aromatic heterocycles. The van der Waals surface area contributed by atoms with Crippen molar-refractivity contribution in [2.45, 2.75) is 13.0 Å². The molecule has 20 heavy (non-hydrogen) atoms. The van der Waals surface area contributed by atoms with Crippen molar-refractivity contribution < 1.29 is 9.13 Å². The largest absolute Gasteiger partial charge is 0.496 e. The summed E-state index contributed by atoms with van der Waals surface area (Å²) < 4.78 is 19.9. The predicted octanol–water partition coefficient (Wildman–Crippen LogP) is 4.61. The third-order valence-corrected chi connectivity index (χ3v) is 4.29. The number of ether oxygens (including phenoxy) is 1. The topological polar surface area (TPSA) is 35.2 Å². The number of halogens is 3. The van der Waals surface area contributed by atoms with Crippen molar-refractivity contribution in [3.05, 3.63) is 62.3 Å². The summed E-state index contributed by atoms with van der Waals surface area (Å²) in [4.78, 5) is 0. The Hall–Kier alpha value is -1.10. The van der Waals surface area contributed by atoms with Crippen molar-refractivity contribution >= 4 is 27.5 Å². The highest BCUT2D eigenvalue weighted by atomic mass is 79.9. The van der Waals surface area contributed by atoms with Gasteiger partial charge in [-0.15, -0.1) is 0 Å². The average molecular weight is 359 g/mol. The first-order valence-electron chi connectivity index (χ1n) is 5.98. The standard InChI is InChI=1S/C15H14BrClFNO/c1-8-3-4-14(20-2)10(5-8)15(19)9-6-12(17)11(16)7-13(9)18/h3-7,15H,19H2,1-2H3. The summed E-state index contributed by atoms with van der Waals surface area (Å²) in [7, 11) is 1.56. The maximum atomic E-state index is 14.1. The maximum Gasteiger partial charge on any atom is 0.129 e. The van der Waals surface area contributed by atoms with E-state index in [0.717, 1.165) is 11.1 Å². The Balaban J connectivity index is 2.54. The van der Waals surface area contributed by atoms with E-state index in [1.54, 1.807) is 7.11 Å². The highest BCUT2D eigenvalue weighted by Crippen LogP contribution is 2.34. The Morgan fingerprint density at radius 2 is 1.95 bits per heavy atom. The summed E-state index contributed by atoms with van der Waals surface area (Å²) in [5, 5.41) is 0.420. The molecule has 2 N–H and O–H groups in total. The number of rotatable bonds is 3. The van der Waals surface area contributed by atoms with Crippen LogP contribution in [0, 0.1) is 12.7 Å². The van der Waals surface area contributed by atoms with Gasteiger partial charge in [-0.1, -0.05) is 29.3 Å². The highest BCUT2D eigenvalue weighted by molar-refractivity contribution is 9.10. The van der Waals surface area contributed by atoms with Crippen LogP contribution in [0.1, 0.15) is 22.7 Å². The monoisotopic (exact) mass is 357 g/mol. The van der Waals surface area contributed by atoms with E-state index in [-0.39, 0.29) is 0 Å². The summed E-state index contributed by atoms with van der Waals surface area (Å²) >= 11 is 9.21. The zero-order chi connectivity index (χ0) is 14.9. The van der Waals surface area contributed by atoms with Gasteiger partial charge < -0.3 is 10.5 Å². The van der Waals surface area contributed by atoms with E-state index >= 15 is 0 Å². The van der Waals surface area contributed by atoms with Gasteiger partial charge in [0.15, 0.2) is 0 Å². The van der Waals surface area contributed by atoms with Gasteiger partial charge in [0.1, 0.15) is 11.6 Å². The lowest BCUT2D eigenvalue weighted by atomic mass is 9.97. The fraction of sp³-hybridized carbons (Fsp3) is 0.200. The number of methoxy groups -OCH3 is 1. The van der Waals surface area contributed by atoms with Gasteiger partial charge in [-0.2, -0.15) is 0 Å². The molecule has 5 heteroatoms. The lowest BCUT2D eigenvalue weighted by Crippen LogP contribution is -2.15. The van der Waals surface area contributed by atoms with Gasteiger partial charge in [0.05, 0.1) is 18.2 Å². The third kappa shape index (κ3) is 2.97. The van der Waals surface area contributed by atoms with E-state index in [0.29, 0.717) is 20.8 Å². The molecule has 0 saturated heterocycles. The first kappa shape index (κ1) is 15.3. The molecule has 1 unspecified atom stereocenters. The van der Waals surface area contributed by atoms with Gasteiger partial charge in [0, 0.05) is 15.6 Å². The molecule has 0 aliphatic carbocycles. The van der Waals surface area contributed by atoms with Crippen LogP contribution >= 0.6 is 27.5 Å². The molecule has 0 bridgehead atoms. The predicted molar refractivity (Wildman–Crippen MR) is 82.9 cm³/mol. The van der Waals surface area contributed by atoms with Crippen molar-refractivity contribution in [1.82, 2.24) is 0 Å². The second kappa shape index (κ2) is 6.12. The summed E-state index contributed by atoms with van der Waals surface area (Å²) in [6, 6.07) is 7.84. The van der Waals surface area contributed by atoms with E-state index in [4.69, 9.17) is 22.1 Å². The normalized spacial score (nSPS) is 12.3. The van der Waals surface area contributed by atoms with Crippen molar-refractivity contribution in [1.29, 1.82) is 0 Å². The molecule has 0 saturated carbocycles. The molecule has 0 aliphatic heterocycles. The van der Waals surface area contributed by atoms with Gasteiger partial charge in [-0.05, 0) is 41.1 Å². The summed E-state index contributed by atoms with van der Waals surface area (Å²) in [5.41, 5.74) is 8.28. The van der Waals surface area contributed by atoms with E-state index in [1.165, 1.54) is 12.1 Å². The molecule has 2 nitrogen and oxygen atoms in total. The van der Waals surface area contributed by atoms with Crippen molar-refractivity contribution in [2.24, 2.45) is 5.73 Å². The lowest BCUT2D eigenvalue weighted by Gasteiger charge is -2.18. The van der Waals surface area contributed by atoms with Crippen molar-refractivity contribution in [3.63, 3.8) is 0 Å². The van der Waals surface area contributed by atoms with Gasteiger partial charge in [-0.25, -0.2) is 4.39 Å². The SMILES string of the molecule is COc1ccc(C)cc1C(N)c1cc(Cl)c(Br)cc1F. The molecular formula is C15H14BrClFNO. The lowest BCUT2D eigenvalue weighted by molar-refractivity contribution is 0.407. The second-order valence-corrected chi connectivity index (χ2v) is 5.77. The Bertz CT molecular complexity index is 648. The van der Waals surface area contributed by atoms with Gasteiger partial charge >= 0.3 is 0 Å². The molecular weight excluding hydrogens is 345 g/mol. The van der Waals surface area contributed by atoms with E-state index < -0.39 is 11.9 Å². The molecule has 0 heterocycles. The Labute approximate surface area is 130 Å². The van der Waals surface area contributed by atoms with E-state index in [9.17, 15) is 4.39 Å². The van der Waals surface area contributed by atoms with Crippen molar-refractivity contribution in [3.8, 4) is 5.75 Å². The zero-order valence-electron chi connectivity index (χ0n) is 11.1. The first-order valence-corrected chi connectivity index (χ1v) is 7.15. The van der Waals surface area contributed by atoms with Gasteiger partial charge in [0.2, 0.25) is 0 Å². The van der Waals surface area contributed by atoms with Crippen LogP contribution in [0.3, 0.4) is 0 Å². The number of hydrogen-bond acceptors (Lipinski definition) is 2. The molecule has 0 fully saturated rings. The fourth-order valence-electron chi connectivity index (χ4n) is 2.04. The molecule has 2 rings (SSSR count). The van der Waals surface area contributed by atoms with Gasteiger partial charge in [-0.3, -0.25) is 0 Å². The summed E-state index contributed by atoms with van der Waals surface area (Å²) in [5.74, 6) is 0.221. The van der Waals surface area contributed by atoms with Crippen LogP contribution in [0.25, 0.3) is 0 Å². The Kier molecular flexibility index (Phi) is 4.68. The van der Waals surface area contributed by atoms with Crippen LogP contribution in [-0.2, 0) is 0 Å². The molecule has 2 aromatic rings. The Morgan fingerprint density at radius 1 is 1.25 bits per heavy atom. The fourth-order valence-corrected chi connectivity index (χ4v) is 2.53. The molecule has 1 atom stereocenters. The molecule has 2 aromatic carbocycles. The quantitative estimate of drug-likeness (QED) is 0.813. The minimum absolute atomic E-state index is 0.335. The minimum Gasteiger partial charge on any atom is -0.496 e. The average Bonchev–Trinajstić information content (AvgIpc) is 2.42. The van der Waals surface area contributed by atoms with Crippen LogP contribution in [0.4, 0.5) is 4.39 Å². The zero-order valence-corrected chi connectivity index (χ0v) is 13.4. The summed E-state index contributed by atoms with van der Waals surface area (Å²) in [6.07, 6.45) is 0. The van der Waals surface area contributed by atoms with Crippen LogP contribution in [0.2, 0.25) is 5.02 Å². The van der Waals surface area contributed by atoms with Crippen LogP contribution < -0.4 is 10.5 Å². The van der Waals surface area contributed by atoms with Crippen LogP contribution in [0.5, 0.6) is 5.75 Å². The minimum atomic E-state index is -0.643. The summed E-state index contributed by atoms with van der Waals surface area (Å²) in [6.45, 7) is 1.95. The van der Waals surface area contributed by atoms with E-state index in [2.05, 4.69) is 15.9 Å². The molecule has 0 spiro atoms. The molecule has 0 amide bonds.